The number of hydrogen-bond donors (Lipinski definition) is 2. The number of nitrogen functional groups attached to an aromatic ring is 1. The second-order valence-electron chi connectivity index (χ2n) is 4.23. The summed E-state index contributed by atoms with van der Waals surface area (Å²) in [6.45, 7) is 0. The molecule has 0 atom stereocenters. The van der Waals surface area contributed by atoms with E-state index in [1.807, 2.05) is 0 Å². The summed E-state index contributed by atoms with van der Waals surface area (Å²) in [5.41, 5.74) is 5.28. The van der Waals surface area contributed by atoms with Crippen LogP contribution in [0.15, 0.2) is 42.5 Å². The van der Waals surface area contributed by atoms with Crippen molar-refractivity contribution in [2.24, 2.45) is 0 Å². The Bertz CT molecular complexity index is 684. The Morgan fingerprint density at radius 1 is 1.09 bits per heavy atom. The highest BCUT2D eigenvalue weighted by atomic mass is 19.4. The number of carbonyl (C=O) groups is 1. The van der Waals surface area contributed by atoms with Crippen molar-refractivity contribution in [3.8, 4) is 5.75 Å². The van der Waals surface area contributed by atoms with Crippen LogP contribution in [0.3, 0.4) is 0 Å². The number of benzene rings is 2. The molecule has 0 heterocycles. The molecule has 0 unspecified atom stereocenters. The highest BCUT2D eigenvalue weighted by Gasteiger charge is 2.30. The third-order valence-corrected chi connectivity index (χ3v) is 2.64. The van der Waals surface area contributed by atoms with Gasteiger partial charge in [-0.2, -0.15) is 0 Å². The SMILES string of the molecule is Nc1c(F)cccc1C(=O)Nc1ccc(OC(F)(F)F)cc1. The van der Waals surface area contributed by atoms with E-state index in [1.165, 1.54) is 24.3 Å². The van der Waals surface area contributed by atoms with Crippen molar-refractivity contribution in [2.75, 3.05) is 11.1 Å². The van der Waals surface area contributed by atoms with Gasteiger partial charge in [0.1, 0.15) is 11.6 Å². The molecule has 2 rings (SSSR count). The fraction of sp³-hybridized carbons (Fsp3) is 0.0714. The second kappa shape index (κ2) is 5.92. The fourth-order valence-corrected chi connectivity index (χ4v) is 1.67. The van der Waals surface area contributed by atoms with Crippen molar-refractivity contribution in [3.63, 3.8) is 0 Å². The Kier molecular flexibility index (Phi) is 4.20. The number of para-hydroxylation sites is 1. The molecule has 0 radical (unpaired) electrons. The standard InChI is InChI=1S/C14H10F4N2O2/c15-11-3-1-2-10(12(11)19)13(21)20-8-4-6-9(7-5-8)22-14(16,17)18/h1-7H,19H2,(H,20,21). The van der Waals surface area contributed by atoms with Crippen LogP contribution in [0, 0.1) is 5.82 Å². The van der Waals surface area contributed by atoms with E-state index in [0.717, 1.165) is 18.2 Å². The molecule has 3 N–H and O–H groups in total. The average molecular weight is 314 g/mol. The third kappa shape index (κ3) is 3.87. The molecule has 0 bridgehead atoms. The zero-order valence-corrected chi connectivity index (χ0v) is 10.9. The largest absolute Gasteiger partial charge is 0.573 e. The summed E-state index contributed by atoms with van der Waals surface area (Å²) in [5, 5.41) is 2.39. The summed E-state index contributed by atoms with van der Waals surface area (Å²) in [4.78, 5) is 11.9. The predicted octanol–water partition coefficient (Wildman–Crippen LogP) is 3.56. The molecule has 116 valence electrons. The van der Waals surface area contributed by atoms with E-state index in [4.69, 9.17) is 5.73 Å². The third-order valence-electron chi connectivity index (χ3n) is 2.64. The van der Waals surface area contributed by atoms with Gasteiger partial charge in [0.15, 0.2) is 0 Å². The first kappa shape index (κ1) is 15.6. The molecule has 2 aromatic carbocycles. The number of amides is 1. The minimum Gasteiger partial charge on any atom is -0.406 e. The summed E-state index contributed by atoms with van der Waals surface area (Å²) in [5.74, 6) is -1.83. The molecule has 0 aromatic heterocycles. The van der Waals surface area contributed by atoms with E-state index in [2.05, 4.69) is 10.1 Å². The van der Waals surface area contributed by atoms with Gasteiger partial charge in [-0.25, -0.2) is 4.39 Å². The van der Waals surface area contributed by atoms with Crippen LogP contribution in [0.4, 0.5) is 28.9 Å². The van der Waals surface area contributed by atoms with E-state index < -0.39 is 23.8 Å². The quantitative estimate of drug-likeness (QED) is 0.672. The monoisotopic (exact) mass is 314 g/mol. The Labute approximate surface area is 122 Å². The van der Waals surface area contributed by atoms with Crippen molar-refractivity contribution < 1.29 is 27.1 Å². The zero-order valence-electron chi connectivity index (χ0n) is 10.9. The van der Waals surface area contributed by atoms with E-state index in [-0.39, 0.29) is 16.9 Å². The second-order valence-corrected chi connectivity index (χ2v) is 4.23. The summed E-state index contributed by atoms with van der Waals surface area (Å²) < 4.78 is 53.0. The van der Waals surface area contributed by atoms with Gasteiger partial charge in [0.25, 0.3) is 5.91 Å². The Morgan fingerprint density at radius 3 is 2.32 bits per heavy atom. The smallest absolute Gasteiger partial charge is 0.406 e. The number of alkyl halides is 3. The number of anilines is 2. The summed E-state index contributed by atoms with van der Waals surface area (Å²) in [6, 6.07) is 8.27. The molecule has 0 fully saturated rings. The van der Waals surface area contributed by atoms with Crippen molar-refractivity contribution >= 4 is 17.3 Å². The topological polar surface area (TPSA) is 64.4 Å². The first-order valence-corrected chi connectivity index (χ1v) is 5.97. The molecule has 4 nitrogen and oxygen atoms in total. The van der Waals surface area contributed by atoms with E-state index >= 15 is 0 Å². The minimum atomic E-state index is -4.79. The lowest BCUT2D eigenvalue weighted by Gasteiger charge is -2.10. The predicted molar refractivity (Wildman–Crippen MR) is 71.9 cm³/mol. The fourth-order valence-electron chi connectivity index (χ4n) is 1.67. The molecule has 2 aromatic rings. The lowest BCUT2D eigenvalue weighted by molar-refractivity contribution is -0.274. The average Bonchev–Trinajstić information content (AvgIpc) is 2.42. The maximum atomic E-state index is 13.3. The number of hydrogen-bond acceptors (Lipinski definition) is 3. The van der Waals surface area contributed by atoms with Crippen LogP contribution in [-0.2, 0) is 0 Å². The van der Waals surface area contributed by atoms with Crippen LogP contribution < -0.4 is 15.8 Å². The molecule has 0 aliphatic carbocycles. The van der Waals surface area contributed by atoms with Gasteiger partial charge in [0.05, 0.1) is 11.3 Å². The molecule has 1 amide bonds. The highest BCUT2D eigenvalue weighted by molar-refractivity contribution is 6.07. The van der Waals surface area contributed by atoms with Crippen molar-refractivity contribution in [3.05, 3.63) is 53.8 Å². The maximum absolute atomic E-state index is 13.3. The van der Waals surface area contributed by atoms with Gasteiger partial charge in [-0.05, 0) is 36.4 Å². The van der Waals surface area contributed by atoms with Gasteiger partial charge in [0, 0.05) is 5.69 Å². The Hall–Kier alpha value is -2.77. The summed E-state index contributed by atoms with van der Waals surface area (Å²) >= 11 is 0. The van der Waals surface area contributed by atoms with Gasteiger partial charge in [0.2, 0.25) is 0 Å². The molecule has 0 spiro atoms. The van der Waals surface area contributed by atoms with Crippen LogP contribution >= 0.6 is 0 Å². The van der Waals surface area contributed by atoms with Gasteiger partial charge in [-0.3, -0.25) is 4.79 Å². The lowest BCUT2D eigenvalue weighted by atomic mass is 10.1. The minimum absolute atomic E-state index is 0.0735. The van der Waals surface area contributed by atoms with Gasteiger partial charge in [-0.15, -0.1) is 13.2 Å². The van der Waals surface area contributed by atoms with Crippen molar-refractivity contribution in [2.45, 2.75) is 6.36 Å². The lowest BCUT2D eigenvalue weighted by Crippen LogP contribution is -2.17. The normalized spacial score (nSPS) is 11.1. The van der Waals surface area contributed by atoms with Crippen molar-refractivity contribution in [1.29, 1.82) is 0 Å². The molecule has 0 saturated heterocycles. The first-order chi connectivity index (χ1) is 10.3. The van der Waals surface area contributed by atoms with Crippen LogP contribution in [0.1, 0.15) is 10.4 Å². The number of halogens is 4. The van der Waals surface area contributed by atoms with Crippen LogP contribution in [-0.4, -0.2) is 12.3 Å². The van der Waals surface area contributed by atoms with E-state index in [9.17, 15) is 22.4 Å². The molecule has 22 heavy (non-hydrogen) atoms. The van der Waals surface area contributed by atoms with Crippen molar-refractivity contribution in [1.82, 2.24) is 0 Å². The van der Waals surface area contributed by atoms with Crippen LogP contribution in [0.2, 0.25) is 0 Å². The van der Waals surface area contributed by atoms with Gasteiger partial charge >= 0.3 is 6.36 Å². The molecule has 0 aliphatic heterocycles. The van der Waals surface area contributed by atoms with Crippen LogP contribution in [0.5, 0.6) is 5.75 Å². The molecule has 0 saturated carbocycles. The number of carbonyl (C=O) groups excluding carboxylic acids is 1. The van der Waals surface area contributed by atoms with Crippen LogP contribution in [0.25, 0.3) is 0 Å². The summed E-state index contributed by atoms with van der Waals surface area (Å²) in [7, 11) is 0. The Morgan fingerprint density at radius 2 is 1.73 bits per heavy atom. The summed E-state index contributed by atoms with van der Waals surface area (Å²) in [6.07, 6.45) is -4.79. The zero-order chi connectivity index (χ0) is 16.3. The first-order valence-electron chi connectivity index (χ1n) is 5.97. The van der Waals surface area contributed by atoms with E-state index in [1.54, 1.807) is 0 Å². The maximum Gasteiger partial charge on any atom is 0.573 e. The van der Waals surface area contributed by atoms with Gasteiger partial charge < -0.3 is 15.8 Å². The number of rotatable bonds is 3. The molecular weight excluding hydrogens is 304 g/mol. The van der Waals surface area contributed by atoms with E-state index in [0.29, 0.717) is 0 Å². The number of ether oxygens (including phenoxy) is 1. The molecular formula is C14H10F4N2O2. The number of nitrogens with two attached hydrogens (primary N) is 1. The number of nitrogens with one attached hydrogen (secondary N) is 1. The molecule has 8 heteroatoms. The van der Waals surface area contributed by atoms with Gasteiger partial charge in [-0.1, -0.05) is 6.07 Å². The highest BCUT2D eigenvalue weighted by Crippen LogP contribution is 2.24. The molecule has 0 aliphatic rings. The Balaban J connectivity index is 2.11.